The summed E-state index contributed by atoms with van der Waals surface area (Å²) in [5.41, 5.74) is 0. The van der Waals surface area contributed by atoms with Gasteiger partial charge in [0.05, 0.1) is 16.9 Å². The molecule has 0 aliphatic heterocycles. The quantitative estimate of drug-likeness (QED) is 0.734. The van der Waals surface area contributed by atoms with Crippen molar-refractivity contribution in [3.63, 3.8) is 0 Å². The molecular weight excluding hydrogens is 244 g/mol. The molecule has 16 heavy (non-hydrogen) atoms. The summed E-state index contributed by atoms with van der Waals surface area (Å²) in [5, 5.41) is 0.629. The Balaban J connectivity index is 2.35. The van der Waals surface area contributed by atoms with Crippen LogP contribution in [-0.2, 0) is 15.5 Å². The molecule has 1 atom stereocenters. The summed E-state index contributed by atoms with van der Waals surface area (Å²) in [6.45, 7) is 4.64. The zero-order valence-corrected chi connectivity index (χ0v) is 11.2. The van der Waals surface area contributed by atoms with Crippen LogP contribution in [0.5, 0.6) is 0 Å². The van der Waals surface area contributed by atoms with E-state index in [9.17, 15) is 4.21 Å². The normalized spacial score (nSPS) is 13.0. The third-order valence-corrected chi connectivity index (χ3v) is 3.66. The lowest BCUT2D eigenvalue weighted by atomic mass is 10.4. The summed E-state index contributed by atoms with van der Waals surface area (Å²) in [6, 6.07) is 7.19. The van der Waals surface area contributed by atoms with E-state index in [-0.39, 0.29) is 6.10 Å². The second kappa shape index (κ2) is 7.05. The first-order valence-electron chi connectivity index (χ1n) is 5.35. The Morgan fingerprint density at radius 2 is 2.19 bits per heavy atom. The van der Waals surface area contributed by atoms with Crippen molar-refractivity contribution >= 4 is 22.4 Å². The first-order chi connectivity index (χ1) is 7.59. The van der Waals surface area contributed by atoms with Crippen LogP contribution in [0.15, 0.2) is 29.2 Å². The van der Waals surface area contributed by atoms with Crippen molar-refractivity contribution in [2.75, 3.05) is 12.4 Å². The highest BCUT2D eigenvalue weighted by Crippen LogP contribution is 2.14. The SMILES string of the molecule is CC(C)OCCC[S@@](=O)c1cccc(Cl)c1. The van der Waals surface area contributed by atoms with Gasteiger partial charge in [0.1, 0.15) is 0 Å². The molecule has 0 radical (unpaired) electrons. The van der Waals surface area contributed by atoms with Gasteiger partial charge < -0.3 is 4.74 Å². The summed E-state index contributed by atoms with van der Waals surface area (Å²) in [7, 11) is -0.973. The van der Waals surface area contributed by atoms with E-state index in [0.29, 0.717) is 17.4 Å². The van der Waals surface area contributed by atoms with Crippen LogP contribution in [0.25, 0.3) is 0 Å². The standard InChI is InChI=1S/C12H17ClO2S/c1-10(2)15-7-4-8-16(14)12-6-3-5-11(13)9-12/h3,5-6,9-10H,4,7-8H2,1-2H3/t16-/m1/s1. The van der Waals surface area contributed by atoms with Crippen molar-refractivity contribution in [3.05, 3.63) is 29.3 Å². The lowest BCUT2D eigenvalue weighted by Crippen LogP contribution is -2.07. The van der Waals surface area contributed by atoms with Gasteiger partial charge in [0.15, 0.2) is 0 Å². The third kappa shape index (κ3) is 5.10. The molecule has 0 heterocycles. The van der Waals surface area contributed by atoms with Gasteiger partial charge in [-0.05, 0) is 38.5 Å². The molecule has 0 unspecified atom stereocenters. The second-order valence-corrected chi connectivity index (χ2v) is 5.79. The van der Waals surface area contributed by atoms with Crippen molar-refractivity contribution in [3.8, 4) is 0 Å². The summed E-state index contributed by atoms with van der Waals surface area (Å²) in [6.07, 6.45) is 1.04. The zero-order chi connectivity index (χ0) is 12.0. The highest BCUT2D eigenvalue weighted by atomic mass is 35.5. The van der Waals surface area contributed by atoms with Crippen molar-refractivity contribution in [2.45, 2.75) is 31.3 Å². The molecule has 0 aliphatic carbocycles. The zero-order valence-electron chi connectivity index (χ0n) is 9.61. The van der Waals surface area contributed by atoms with E-state index in [2.05, 4.69) is 0 Å². The predicted octanol–water partition coefficient (Wildman–Crippen LogP) is 3.26. The maximum absolute atomic E-state index is 11.8. The number of hydrogen-bond donors (Lipinski definition) is 0. The summed E-state index contributed by atoms with van der Waals surface area (Å²) in [4.78, 5) is 0.789. The Labute approximate surface area is 104 Å². The summed E-state index contributed by atoms with van der Waals surface area (Å²) >= 11 is 5.83. The molecule has 1 aromatic rings. The Morgan fingerprint density at radius 1 is 1.44 bits per heavy atom. The van der Waals surface area contributed by atoms with Crippen LogP contribution < -0.4 is 0 Å². The van der Waals surface area contributed by atoms with Gasteiger partial charge in [-0.2, -0.15) is 0 Å². The maximum atomic E-state index is 11.8. The number of benzene rings is 1. The first-order valence-corrected chi connectivity index (χ1v) is 7.05. The van der Waals surface area contributed by atoms with Gasteiger partial charge in [0, 0.05) is 22.3 Å². The molecule has 0 amide bonds. The molecular formula is C12H17ClO2S. The van der Waals surface area contributed by atoms with Crippen LogP contribution in [0.4, 0.5) is 0 Å². The fourth-order valence-corrected chi connectivity index (χ4v) is 2.60. The minimum atomic E-state index is -0.973. The van der Waals surface area contributed by atoms with E-state index >= 15 is 0 Å². The largest absolute Gasteiger partial charge is 0.379 e. The Bertz CT molecular complexity index is 353. The Morgan fingerprint density at radius 3 is 2.81 bits per heavy atom. The fourth-order valence-electron chi connectivity index (χ4n) is 1.24. The minimum absolute atomic E-state index is 0.236. The highest BCUT2D eigenvalue weighted by molar-refractivity contribution is 7.85. The maximum Gasteiger partial charge on any atom is 0.0530 e. The highest BCUT2D eigenvalue weighted by Gasteiger charge is 2.04. The summed E-state index contributed by atoms with van der Waals surface area (Å²) < 4.78 is 17.2. The smallest absolute Gasteiger partial charge is 0.0530 e. The predicted molar refractivity (Wildman–Crippen MR) is 68.4 cm³/mol. The second-order valence-electron chi connectivity index (χ2n) is 3.78. The van der Waals surface area contributed by atoms with Crippen molar-refractivity contribution < 1.29 is 8.95 Å². The minimum Gasteiger partial charge on any atom is -0.379 e. The third-order valence-electron chi connectivity index (χ3n) is 1.98. The van der Waals surface area contributed by atoms with Gasteiger partial charge in [-0.1, -0.05) is 17.7 Å². The van der Waals surface area contributed by atoms with Gasteiger partial charge in [-0.15, -0.1) is 0 Å². The van der Waals surface area contributed by atoms with Gasteiger partial charge in [0.2, 0.25) is 0 Å². The number of rotatable bonds is 6. The fraction of sp³-hybridized carbons (Fsp3) is 0.500. The van der Waals surface area contributed by atoms with Crippen LogP contribution >= 0.6 is 11.6 Å². The van der Waals surface area contributed by atoms with Crippen molar-refractivity contribution in [1.29, 1.82) is 0 Å². The first kappa shape index (κ1) is 13.7. The average molecular weight is 261 g/mol. The van der Waals surface area contributed by atoms with Gasteiger partial charge in [-0.3, -0.25) is 4.21 Å². The van der Waals surface area contributed by atoms with Gasteiger partial charge in [0.25, 0.3) is 0 Å². The van der Waals surface area contributed by atoms with Crippen LogP contribution in [-0.4, -0.2) is 22.7 Å². The molecule has 0 saturated carbocycles. The monoisotopic (exact) mass is 260 g/mol. The van der Waals surface area contributed by atoms with E-state index in [1.165, 1.54) is 0 Å². The van der Waals surface area contributed by atoms with Crippen molar-refractivity contribution in [2.24, 2.45) is 0 Å². The molecule has 0 spiro atoms. The Kier molecular flexibility index (Phi) is 6.03. The van der Waals surface area contributed by atoms with Crippen LogP contribution in [0, 0.1) is 0 Å². The van der Waals surface area contributed by atoms with E-state index < -0.39 is 10.8 Å². The van der Waals surface area contributed by atoms with Crippen molar-refractivity contribution in [1.82, 2.24) is 0 Å². The topological polar surface area (TPSA) is 26.3 Å². The van der Waals surface area contributed by atoms with E-state index in [4.69, 9.17) is 16.3 Å². The molecule has 0 N–H and O–H groups in total. The Hall–Kier alpha value is -0.380. The molecule has 1 aromatic carbocycles. The van der Waals surface area contributed by atoms with E-state index in [0.717, 1.165) is 11.3 Å². The molecule has 0 aromatic heterocycles. The molecule has 90 valence electrons. The van der Waals surface area contributed by atoms with Gasteiger partial charge in [-0.25, -0.2) is 0 Å². The number of hydrogen-bond acceptors (Lipinski definition) is 2. The van der Waals surface area contributed by atoms with Crippen LogP contribution in [0.3, 0.4) is 0 Å². The molecule has 2 nitrogen and oxygen atoms in total. The average Bonchev–Trinajstić information content (AvgIpc) is 2.24. The lowest BCUT2D eigenvalue weighted by Gasteiger charge is -2.07. The van der Waals surface area contributed by atoms with E-state index in [1.807, 2.05) is 26.0 Å². The molecule has 1 rings (SSSR count). The van der Waals surface area contributed by atoms with E-state index in [1.54, 1.807) is 12.1 Å². The molecule has 0 aliphatic rings. The van der Waals surface area contributed by atoms with Crippen LogP contribution in [0.2, 0.25) is 5.02 Å². The van der Waals surface area contributed by atoms with Crippen LogP contribution in [0.1, 0.15) is 20.3 Å². The molecule has 0 fully saturated rings. The van der Waals surface area contributed by atoms with Gasteiger partial charge >= 0.3 is 0 Å². The number of halogens is 1. The molecule has 4 heteroatoms. The number of ether oxygens (including phenoxy) is 1. The summed E-state index contributed by atoms with van der Waals surface area (Å²) in [5.74, 6) is 0.618. The molecule has 0 bridgehead atoms. The lowest BCUT2D eigenvalue weighted by molar-refractivity contribution is 0.0798. The molecule has 0 saturated heterocycles.